The Kier molecular flexibility index (Phi) is 7.16. The first-order valence-electron chi connectivity index (χ1n) is 9.49. The summed E-state index contributed by atoms with van der Waals surface area (Å²) in [4.78, 5) is 16.4. The molecule has 0 bridgehead atoms. The lowest BCUT2D eigenvalue weighted by Gasteiger charge is -2.14. The Bertz CT molecular complexity index is 870. The van der Waals surface area contributed by atoms with E-state index in [1.54, 1.807) is 38.4 Å². The van der Waals surface area contributed by atoms with Crippen LogP contribution in [0.1, 0.15) is 16.8 Å². The highest BCUT2D eigenvalue weighted by molar-refractivity contribution is 5.95. The molecule has 3 N–H and O–H groups in total. The first-order chi connectivity index (χ1) is 14.2. The topological polar surface area (TPSA) is 93.2 Å². The summed E-state index contributed by atoms with van der Waals surface area (Å²) in [5, 5.41) is 9.24. The molecule has 1 aliphatic heterocycles. The van der Waals surface area contributed by atoms with E-state index in [4.69, 9.17) is 14.2 Å². The van der Waals surface area contributed by atoms with Gasteiger partial charge in [-0.2, -0.15) is 0 Å². The van der Waals surface area contributed by atoms with Gasteiger partial charge in [0.05, 0.1) is 20.3 Å². The van der Waals surface area contributed by atoms with Crippen molar-refractivity contribution in [1.82, 2.24) is 10.6 Å². The fourth-order valence-electron chi connectivity index (χ4n) is 2.78. The van der Waals surface area contributed by atoms with E-state index in [0.717, 1.165) is 17.9 Å². The number of guanidine groups is 1. The van der Waals surface area contributed by atoms with Gasteiger partial charge >= 0.3 is 0 Å². The van der Waals surface area contributed by atoms with E-state index in [2.05, 4.69) is 20.9 Å². The molecule has 3 rings (SSSR count). The second-order valence-electron chi connectivity index (χ2n) is 6.32. The average molecular weight is 398 g/mol. The van der Waals surface area contributed by atoms with Crippen molar-refractivity contribution in [2.24, 2.45) is 4.99 Å². The van der Waals surface area contributed by atoms with Crippen LogP contribution in [0, 0.1) is 0 Å². The van der Waals surface area contributed by atoms with Crippen LogP contribution in [-0.4, -0.2) is 52.3 Å². The van der Waals surface area contributed by atoms with Gasteiger partial charge in [-0.15, -0.1) is 0 Å². The highest BCUT2D eigenvalue weighted by Crippen LogP contribution is 2.32. The molecule has 1 heterocycles. The summed E-state index contributed by atoms with van der Waals surface area (Å²) in [7, 11) is 3.26. The number of nitrogens with one attached hydrogen (secondary N) is 3. The Morgan fingerprint density at radius 3 is 2.66 bits per heavy atom. The van der Waals surface area contributed by atoms with Crippen LogP contribution in [0.2, 0.25) is 0 Å². The van der Waals surface area contributed by atoms with Gasteiger partial charge in [-0.25, -0.2) is 0 Å². The van der Waals surface area contributed by atoms with Crippen LogP contribution in [0.4, 0.5) is 5.69 Å². The number of rotatable bonds is 6. The molecule has 0 saturated heterocycles. The van der Waals surface area contributed by atoms with Crippen molar-refractivity contribution in [3.05, 3.63) is 48.0 Å². The van der Waals surface area contributed by atoms with Crippen LogP contribution in [0.25, 0.3) is 0 Å². The van der Waals surface area contributed by atoms with Crippen LogP contribution < -0.4 is 30.2 Å². The minimum atomic E-state index is -0.156. The zero-order valence-electron chi connectivity index (χ0n) is 16.7. The normalized spacial score (nSPS) is 13.2. The van der Waals surface area contributed by atoms with Gasteiger partial charge < -0.3 is 30.2 Å². The summed E-state index contributed by atoms with van der Waals surface area (Å²) in [6, 6.07) is 12.7. The van der Waals surface area contributed by atoms with E-state index >= 15 is 0 Å². The average Bonchev–Trinajstić information content (AvgIpc) is 3.00. The highest BCUT2D eigenvalue weighted by Gasteiger charge is 2.11. The number of anilines is 1. The molecule has 1 aliphatic rings. The summed E-state index contributed by atoms with van der Waals surface area (Å²) >= 11 is 0. The third-order valence-electron chi connectivity index (χ3n) is 4.27. The van der Waals surface area contributed by atoms with E-state index in [-0.39, 0.29) is 5.91 Å². The minimum absolute atomic E-state index is 0.156. The highest BCUT2D eigenvalue weighted by atomic mass is 16.5. The lowest BCUT2D eigenvalue weighted by Crippen LogP contribution is -2.37. The summed E-state index contributed by atoms with van der Waals surface area (Å²) in [6.45, 7) is 2.25. The number of methoxy groups -OCH3 is 1. The maximum absolute atomic E-state index is 12.2. The van der Waals surface area contributed by atoms with E-state index in [1.807, 2.05) is 18.2 Å². The zero-order valence-corrected chi connectivity index (χ0v) is 16.7. The lowest BCUT2D eigenvalue weighted by molar-refractivity contribution is 0.0954. The molecule has 0 radical (unpaired) electrons. The van der Waals surface area contributed by atoms with Crippen molar-refractivity contribution >= 4 is 17.6 Å². The van der Waals surface area contributed by atoms with Crippen molar-refractivity contribution in [2.75, 3.05) is 45.8 Å². The van der Waals surface area contributed by atoms with Gasteiger partial charge in [-0.05, 0) is 30.3 Å². The zero-order chi connectivity index (χ0) is 20.5. The number of carbonyl (C=O) groups is 1. The van der Waals surface area contributed by atoms with Gasteiger partial charge in [-0.1, -0.05) is 6.07 Å². The molecule has 8 heteroatoms. The van der Waals surface area contributed by atoms with Gasteiger partial charge in [0.15, 0.2) is 17.5 Å². The van der Waals surface area contributed by atoms with Crippen LogP contribution in [0.15, 0.2) is 47.5 Å². The number of carbonyl (C=O) groups excluding carboxylic acids is 1. The second-order valence-corrected chi connectivity index (χ2v) is 6.32. The first-order valence-corrected chi connectivity index (χ1v) is 9.49. The SMILES string of the molecule is CN=C(NCCNC(=O)c1cccc(OC)c1)Nc1ccc2c(c1)OCCCO2. The number of aliphatic imine (C=N–C) groups is 1. The predicted molar refractivity (Wildman–Crippen MR) is 112 cm³/mol. The number of nitrogens with zero attached hydrogens (tertiary/aromatic N) is 1. The molecule has 0 aromatic heterocycles. The molecule has 154 valence electrons. The lowest BCUT2D eigenvalue weighted by atomic mass is 10.2. The van der Waals surface area contributed by atoms with Gasteiger partial charge in [-0.3, -0.25) is 9.79 Å². The Balaban J connectivity index is 1.47. The quantitative estimate of drug-likeness (QED) is 0.393. The monoisotopic (exact) mass is 398 g/mol. The fraction of sp³-hybridized carbons (Fsp3) is 0.333. The second kappa shape index (κ2) is 10.2. The molecule has 2 aromatic carbocycles. The number of benzene rings is 2. The first kappa shape index (κ1) is 20.3. The molecule has 8 nitrogen and oxygen atoms in total. The van der Waals surface area contributed by atoms with Gasteiger partial charge in [0, 0.05) is 43.9 Å². The van der Waals surface area contributed by atoms with Gasteiger partial charge in [0.2, 0.25) is 0 Å². The van der Waals surface area contributed by atoms with E-state index in [1.165, 1.54) is 0 Å². The number of ether oxygens (including phenoxy) is 3. The molecule has 29 heavy (non-hydrogen) atoms. The van der Waals surface area contributed by atoms with Crippen molar-refractivity contribution in [3.63, 3.8) is 0 Å². The summed E-state index contributed by atoms with van der Waals surface area (Å²) in [5.74, 6) is 2.55. The van der Waals surface area contributed by atoms with Crippen molar-refractivity contribution in [2.45, 2.75) is 6.42 Å². The van der Waals surface area contributed by atoms with E-state index in [9.17, 15) is 4.79 Å². The van der Waals surface area contributed by atoms with E-state index < -0.39 is 0 Å². The fourth-order valence-corrected chi connectivity index (χ4v) is 2.78. The molecular formula is C21H26N4O4. The Morgan fingerprint density at radius 1 is 1.07 bits per heavy atom. The van der Waals surface area contributed by atoms with Crippen LogP contribution in [0.3, 0.4) is 0 Å². The Labute approximate surface area is 170 Å². The number of amides is 1. The summed E-state index contributed by atoms with van der Waals surface area (Å²) in [6.07, 6.45) is 0.863. The smallest absolute Gasteiger partial charge is 0.251 e. The maximum atomic E-state index is 12.2. The van der Waals surface area contributed by atoms with Crippen LogP contribution in [-0.2, 0) is 0 Å². The molecule has 0 atom stereocenters. The molecule has 0 unspecified atom stereocenters. The molecule has 0 aliphatic carbocycles. The maximum Gasteiger partial charge on any atom is 0.251 e. The largest absolute Gasteiger partial charge is 0.497 e. The molecular weight excluding hydrogens is 372 g/mol. The molecule has 0 saturated carbocycles. The molecule has 1 amide bonds. The molecule has 2 aromatic rings. The minimum Gasteiger partial charge on any atom is -0.497 e. The van der Waals surface area contributed by atoms with Crippen molar-refractivity contribution in [3.8, 4) is 17.2 Å². The number of hydrogen-bond donors (Lipinski definition) is 3. The van der Waals surface area contributed by atoms with Crippen molar-refractivity contribution in [1.29, 1.82) is 0 Å². The van der Waals surface area contributed by atoms with Gasteiger partial charge in [0.1, 0.15) is 5.75 Å². The Hall–Kier alpha value is -3.42. The summed E-state index contributed by atoms with van der Waals surface area (Å²) in [5.41, 5.74) is 1.39. The number of hydrogen-bond acceptors (Lipinski definition) is 5. The predicted octanol–water partition coefficient (Wildman–Crippen LogP) is 2.27. The number of fused-ring (bicyclic) bond motifs is 1. The third-order valence-corrected chi connectivity index (χ3v) is 4.27. The van der Waals surface area contributed by atoms with Crippen LogP contribution in [0.5, 0.6) is 17.2 Å². The molecule has 0 spiro atoms. The standard InChI is InChI=1S/C21H26N4O4/c1-22-21(25-16-7-8-18-19(14-16)29-12-4-11-28-18)24-10-9-23-20(26)15-5-3-6-17(13-15)27-2/h3,5-8,13-14H,4,9-12H2,1-2H3,(H,23,26)(H2,22,24,25). The van der Waals surface area contributed by atoms with Gasteiger partial charge in [0.25, 0.3) is 5.91 Å². The third kappa shape index (κ3) is 5.78. The summed E-state index contributed by atoms with van der Waals surface area (Å²) < 4.78 is 16.5. The Morgan fingerprint density at radius 2 is 1.86 bits per heavy atom. The molecule has 0 fully saturated rings. The van der Waals surface area contributed by atoms with Crippen molar-refractivity contribution < 1.29 is 19.0 Å². The van der Waals surface area contributed by atoms with E-state index in [0.29, 0.717) is 49.3 Å². The van der Waals surface area contributed by atoms with Crippen LogP contribution >= 0.6 is 0 Å².